The molecule has 1 aromatic heterocycles. The predicted molar refractivity (Wildman–Crippen MR) is 75.7 cm³/mol. The highest BCUT2D eigenvalue weighted by molar-refractivity contribution is 7.89. The van der Waals surface area contributed by atoms with Gasteiger partial charge in [-0.05, 0) is 38.3 Å². The van der Waals surface area contributed by atoms with Gasteiger partial charge in [-0.3, -0.25) is 4.68 Å². The monoisotopic (exact) mass is 308 g/mol. The number of nitrogens with two attached hydrogens (primary N) is 1. The summed E-state index contributed by atoms with van der Waals surface area (Å²) in [6, 6.07) is 1.48. The zero-order valence-electron chi connectivity index (χ0n) is 10.9. The first-order valence-electron chi connectivity index (χ1n) is 6.32. The SMILES string of the molecule is CCn1nccc1S(=O)(=O)NC1CCCC1CN.Cl. The lowest BCUT2D eigenvalue weighted by Crippen LogP contribution is -2.40. The van der Waals surface area contributed by atoms with Crippen molar-refractivity contribution in [1.82, 2.24) is 14.5 Å². The molecule has 0 aliphatic heterocycles. The van der Waals surface area contributed by atoms with Gasteiger partial charge in [0.2, 0.25) is 0 Å². The molecule has 0 bridgehead atoms. The van der Waals surface area contributed by atoms with Crippen LogP contribution in [0.5, 0.6) is 0 Å². The number of rotatable bonds is 5. The van der Waals surface area contributed by atoms with Gasteiger partial charge in [0.05, 0.1) is 6.20 Å². The van der Waals surface area contributed by atoms with E-state index in [1.165, 1.54) is 16.9 Å². The second kappa shape index (κ2) is 6.69. The minimum Gasteiger partial charge on any atom is -0.330 e. The average Bonchev–Trinajstić information content (AvgIpc) is 2.95. The zero-order chi connectivity index (χ0) is 13.2. The maximum Gasteiger partial charge on any atom is 0.257 e. The molecule has 2 atom stereocenters. The number of nitrogens with one attached hydrogen (secondary N) is 1. The number of halogens is 1. The molecule has 6 nitrogen and oxygen atoms in total. The van der Waals surface area contributed by atoms with Crippen molar-refractivity contribution < 1.29 is 8.42 Å². The summed E-state index contributed by atoms with van der Waals surface area (Å²) in [4.78, 5) is 0. The van der Waals surface area contributed by atoms with Crippen molar-refractivity contribution in [2.24, 2.45) is 11.7 Å². The van der Waals surface area contributed by atoms with Crippen LogP contribution in [0.1, 0.15) is 26.2 Å². The van der Waals surface area contributed by atoms with Crippen LogP contribution in [-0.2, 0) is 16.6 Å². The van der Waals surface area contributed by atoms with Gasteiger partial charge in [0.1, 0.15) is 0 Å². The normalized spacial score (nSPS) is 23.3. The number of hydrogen-bond acceptors (Lipinski definition) is 4. The summed E-state index contributed by atoms with van der Waals surface area (Å²) in [7, 11) is -3.49. The molecular formula is C11H21ClN4O2S. The maximum atomic E-state index is 12.3. The quantitative estimate of drug-likeness (QED) is 0.839. The molecule has 1 fully saturated rings. The van der Waals surface area contributed by atoms with E-state index in [4.69, 9.17) is 5.73 Å². The van der Waals surface area contributed by atoms with E-state index in [1.54, 1.807) is 0 Å². The van der Waals surface area contributed by atoms with E-state index in [0.29, 0.717) is 13.1 Å². The third-order valence-corrected chi connectivity index (χ3v) is 5.03. The molecule has 1 heterocycles. The van der Waals surface area contributed by atoms with E-state index in [1.807, 2.05) is 6.92 Å². The van der Waals surface area contributed by atoms with Crippen LogP contribution in [0.3, 0.4) is 0 Å². The van der Waals surface area contributed by atoms with Crippen LogP contribution in [0, 0.1) is 5.92 Å². The minimum absolute atomic E-state index is 0. The Labute approximate surface area is 120 Å². The lowest BCUT2D eigenvalue weighted by molar-refractivity contribution is 0.448. The molecule has 0 saturated heterocycles. The predicted octanol–water partition coefficient (Wildman–Crippen LogP) is 0.730. The third-order valence-electron chi connectivity index (χ3n) is 3.52. The Morgan fingerprint density at radius 1 is 1.53 bits per heavy atom. The molecule has 1 aromatic rings. The highest BCUT2D eigenvalue weighted by Gasteiger charge is 2.31. The van der Waals surface area contributed by atoms with Crippen LogP contribution >= 0.6 is 12.4 Å². The minimum atomic E-state index is -3.49. The van der Waals surface area contributed by atoms with Crippen LogP contribution in [0.25, 0.3) is 0 Å². The molecule has 0 aromatic carbocycles. The highest BCUT2D eigenvalue weighted by Crippen LogP contribution is 2.26. The zero-order valence-corrected chi connectivity index (χ0v) is 12.6. The van der Waals surface area contributed by atoms with Crippen LogP contribution in [0.4, 0.5) is 0 Å². The first-order valence-corrected chi connectivity index (χ1v) is 7.81. The van der Waals surface area contributed by atoms with Crippen LogP contribution in [0.15, 0.2) is 17.3 Å². The van der Waals surface area contributed by atoms with Gasteiger partial charge in [-0.1, -0.05) is 6.42 Å². The van der Waals surface area contributed by atoms with Crippen LogP contribution < -0.4 is 10.5 Å². The van der Waals surface area contributed by atoms with E-state index in [2.05, 4.69) is 9.82 Å². The fourth-order valence-electron chi connectivity index (χ4n) is 2.52. The molecule has 1 aliphatic carbocycles. The summed E-state index contributed by atoms with van der Waals surface area (Å²) in [5, 5.41) is 4.22. The number of aromatic nitrogens is 2. The summed E-state index contributed by atoms with van der Waals surface area (Å²) >= 11 is 0. The van der Waals surface area contributed by atoms with Gasteiger partial charge in [-0.15, -0.1) is 12.4 Å². The lowest BCUT2D eigenvalue weighted by Gasteiger charge is -2.19. The standard InChI is InChI=1S/C11H20N4O2S.ClH/c1-2-15-11(6-7-13-15)18(16,17)14-10-5-3-4-9(10)8-12;/h6-7,9-10,14H,2-5,8,12H2,1H3;1H. The fourth-order valence-corrected chi connectivity index (χ4v) is 4.04. The molecule has 110 valence electrons. The molecule has 2 rings (SSSR count). The number of sulfonamides is 1. The highest BCUT2D eigenvalue weighted by atomic mass is 35.5. The van der Waals surface area contributed by atoms with Crippen molar-refractivity contribution in [3.63, 3.8) is 0 Å². The topological polar surface area (TPSA) is 90.0 Å². The van der Waals surface area contributed by atoms with Crippen molar-refractivity contribution in [3.05, 3.63) is 12.3 Å². The Kier molecular flexibility index (Phi) is 5.79. The summed E-state index contributed by atoms with van der Waals surface area (Å²) < 4.78 is 28.8. The van der Waals surface area contributed by atoms with E-state index in [9.17, 15) is 8.42 Å². The summed E-state index contributed by atoms with van der Waals surface area (Å²) in [5.74, 6) is 0.248. The fraction of sp³-hybridized carbons (Fsp3) is 0.727. The molecule has 0 spiro atoms. The Hall–Kier alpha value is -0.630. The molecule has 1 saturated carbocycles. The summed E-state index contributed by atoms with van der Waals surface area (Å²) in [6.07, 6.45) is 4.40. The average molecular weight is 309 g/mol. The van der Waals surface area contributed by atoms with Crippen molar-refractivity contribution in [2.75, 3.05) is 6.54 Å². The molecule has 0 amide bonds. The van der Waals surface area contributed by atoms with Gasteiger partial charge >= 0.3 is 0 Å². The number of aryl methyl sites for hydroxylation is 1. The smallest absolute Gasteiger partial charge is 0.257 e. The molecule has 19 heavy (non-hydrogen) atoms. The largest absolute Gasteiger partial charge is 0.330 e. The second-order valence-electron chi connectivity index (χ2n) is 4.64. The molecular weight excluding hydrogens is 288 g/mol. The molecule has 1 aliphatic rings. The molecule has 2 unspecified atom stereocenters. The van der Waals surface area contributed by atoms with E-state index in [0.717, 1.165) is 19.3 Å². The van der Waals surface area contributed by atoms with E-state index >= 15 is 0 Å². The van der Waals surface area contributed by atoms with Gasteiger partial charge in [-0.25, -0.2) is 13.1 Å². The number of nitrogens with zero attached hydrogens (tertiary/aromatic N) is 2. The first kappa shape index (κ1) is 16.4. The number of hydrogen-bond donors (Lipinski definition) is 2. The molecule has 3 N–H and O–H groups in total. The van der Waals surface area contributed by atoms with Crippen LogP contribution in [-0.4, -0.2) is 30.8 Å². The maximum absolute atomic E-state index is 12.3. The van der Waals surface area contributed by atoms with Crippen molar-refractivity contribution in [1.29, 1.82) is 0 Å². The lowest BCUT2D eigenvalue weighted by atomic mass is 10.1. The van der Waals surface area contributed by atoms with Crippen LogP contribution in [0.2, 0.25) is 0 Å². The van der Waals surface area contributed by atoms with Gasteiger partial charge in [0.15, 0.2) is 5.03 Å². The summed E-state index contributed by atoms with van der Waals surface area (Å²) in [5.41, 5.74) is 5.67. The van der Waals surface area contributed by atoms with Crippen molar-refractivity contribution >= 4 is 22.4 Å². The van der Waals surface area contributed by atoms with Gasteiger partial charge in [0.25, 0.3) is 10.0 Å². The Morgan fingerprint density at radius 2 is 2.26 bits per heavy atom. The van der Waals surface area contributed by atoms with Crippen molar-refractivity contribution in [3.8, 4) is 0 Å². The molecule has 8 heteroatoms. The van der Waals surface area contributed by atoms with E-state index in [-0.39, 0.29) is 29.4 Å². The summed E-state index contributed by atoms with van der Waals surface area (Å²) in [6.45, 7) is 2.93. The van der Waals surface area contributed by atoms with Gasteiger partial charge in [-0.2, -0.15) is 5.10 Å². The second-order valence-corrected chi connectivity index (χ2v) is 6.30. The van der Waals surface area contributed by atoms with Gasteiger partial charge in [0, 0.05) is 12.6 Å². The Morgan fingerprint density at radius 3 is 2.89 bits per heavy atom. The first-order chi connectivity index (χ1) is 8.58. The van der Waals surface area contributed by atoms with E-state index < -0.39 is 10.0 Å². The third kappa shape index (κ3) is 3.47. The van der Waals surface area contributed by atoms with Crippen molar-refractivity contribution in [2.45, 2.75) is 43.8 Å². The molecule has 0 radical (unpaired) electrons. The Bertz CT molecular complexity index is 503. The Balaban J connectivity index is 0.00000180. The van der Waals surface area contributed by atoms with Gasteiger partial charge < -0.3 is 5.73 Å².